The lowest BCUT2D eigenvalue weighted by molar-refractivity contribution is 0.385. The van der Waals surface area contributed by atoms with Gasteiger partial charge >= 0.3 is 0 Å². The van der Waals surface area contributed by atoms with Crippen LogP contribution in [0.1, 0.15) is 30.5 Å². The van der Waals surface area contributed by atoms with Gasteiger partial charge < -0.3 is 15.8 Å². The summed E-state index contributed by atoms with van der Waals surface area (Å²) in [7, 11) is 1.45. The number of nitrogens with one attached hydrogen (secondary N) is 1. The first-order valence-corrected chi connectivity index (χ1v) is 6.93. The maximum Gasteiger partial charge on any atom is 0.165 e. The van der Waals surface area contributed by atoms with Crippen molar-refractivity contribution in [3.63, 3.8) is 0 Å². The second kappa shape index (κ2) is 7.04. The number of methoxy groups -OCH3 is 1. The van der Waals surface area contributed by atoms with E-state index >= 15 is 0 Å². The summed E-state index contributed by atoms with van der Waals surface area (Å²) in [6.45, 7) is 2.90. The molecule has 0 amide bonds. The number of ether oxygens (including phenoxy) is 1. The van der Waals surface area contributed by atoms with Crippen LogP contribution in [-0.4, -0.2) is 18.6 Å². The molecule has 1 aromatic heterocycles. The lowest BCUT2D eigenvalue weighted by Crippen LogP contribution is -2.24. The Hall–Kier alpha value is -2.14. The molecule has 0 saturated heterocycles. The van der Waals surface area contributed by atoms with Crippen LogP contribution in [-0.2, 0) is 0 Å². The van der Waals surface area contributed by atoms with E-state index in [0.29, 0.717) is 5.69 Å². The van der Waals surface area contributed by atoms with E-state index in [-0.39, 0.29) is 17.6 Å². The summed E-state index contributed by atoms with van der Waals surface area (Å²) in [5.41, 5.74) is 8.47. The highest BCUT2D eigenvalue weighted by Gasteiger charge is 2.18. The summed E-state index contributed by atoms with van der Waals surface area (Å²) in [5, 5.41) is 3.42. The number of nitrogens with zero attached hydrogens (tertiary/aromatic N) is 1. The molecule has 1 unspecified atom stereocenters. The van der Waals surface area contributed by atoms with Crippen molar-refractivity contribution >= 4 is 5.69 Å². The molecule has 0 aliphatic heterocycles. The molecule has 0 aliphatic carbocycles. The van der Waals surface area contributed by atoms with E-state index in [1.165, 1.54) is 13.2 Å². The van der Waals surface area contributed by atoms with E-state index in [1.807, 2.05) is 0 Å². The topological polar surface area (TPSA) is 60.2 Å². The van der Waals surface area contributed by atoms with Crippen LogP contribution in [0.15, 0.2) is 36.7 Å². The highest BCUT2D eigenvalue weighted by atomic mass is 19.1. The van der Waals surface area contributed by atoms with Gasteiger partial charge in [-0.15, -0.1) is 0 Å². The molecule has 1 aromatic carbocycles. The molecule has 21 heavy (non-hydrogen) atoms. The number of anilines is 1. The van der Waals surface area contributed by atoms with Crippen LogP contribution in [0.4, 0.5) is 10.1 Å². The van der Waals surface area contributed by atoms with Gasteiger partial charge in [0.05, 0.1) is 13.2 Å². The Balaban J connectivity index is 2.43. The molecular weight excluding hydrogens is 269 g/mol. The van der Waals surface area contributed by atoms with Gasteiger partial charge in [-0.3, -0.25) is 4.98 Å². The van der Waals surface area contributed by atoms with Crippen molar-refractivity contribution in [3.8, 4) is 5.75 Å². The number of rotatable bonds is 6. The van der Waals surface area contributed by atoms with Gasteiger partial charge in [-0.2, -0.15) is 0 Å². The molecule has 0 aliphatic rings. The molecule has 2 aromatic rings. The van der Waals surface area contributed by atoms with Crippen molar-refractivity contribution < 1.29 is 9.13 Å². The lowest BCUT2D eigenvalue weighted by Gasteiger charge is -2.21. The van der Waals surface area contributed by atoms with Crippen molar-refractivity contribution in [2.45, 2.75) is 19.4 Å². The van der Waals surface area contributed by atoms with Gasteiger partial charge in [0.2, 0.25) is 0 Å². The quantitative estimate of drug-likeness (QED) is 0.858. The summed E-state index contributed by atoms with van der Waals surface area (Å²) < 4.78 is 18.6. The number of halogens is 1. The normalized spacial score (nSPS) is 12.1. The fourth-order valence-electron chi connectivity index (χ4n) is 2.21. The van der Waals surface area contributed by atoms with Gasteiger partial charge in [0.25, 0.3) is 0 Å². The second-order valence-corrected chi connectivity index (χ2v) is 4.79. The molecule has 0 spiro atoms. The summed E-state index contributed by atoms with van der Waals surface area (Å²) in [6.07, 6.45) is 4.37. The van der Waals surface area contributed by atoms with Gasteiger partial charge in [0.1, 0.15) is 0 Å². The fraction of sp³-hybridized carbons (Fsp3) is 0.312. The molecule has 1 heterocycles. The van der Waals surface area contributed by atoms with Crippen molar-refractivity contribution in [2.24, 2.45) is 0 Å². The molecule has 2 rings (SSSR count). The van der Waals surface area contributed by atoms with Crippen LogP contribution in [0.3, 0.4) is 0 Å². The van der Waals surface area contributed by atoms with Crippen LogP contribution in [0, 0.1) is 5.82 Å². The Labute approximate surface area is 124 Å². The first-order chi connectivity index (χ1) is 10.2. The number of hydrogen-bond donors (Lipinski definition) is 2. The van der Waals surface area contributed by atoms with E-state index in [2.05, 4.69) is 17.2 Å². The predicted octanol–water partition coefficient (Wildman–Crippen LogP) is 2.90. The molecule has 1 atom stereocenters. The maximum absolute atomic E-state index is 13.6. The van der Waals surface area contributed by atoms with E-state index in [0.717, 1.165) is 24.1 Å². The van der Waals surface area contributed by atoms with Gasteiger partial charge in [-0.1, -0.05) is 13.0 Å². The minimum absolute atomic E-state index is 0.145. The first kappa shape index (κ1) is 15.3. The van der Waals surface area contributed by atoms with Gasteiger partial charge in [-0.05, 0) is 36.7 Å². The Morgan fingerprint density at radius 1 is 1.38 bits per heavy atom. The van der Waals surface area contributed by atoms with E-state index in [9.17, 15) is 4.39 Å². The molecule has 0 bridgehead atoms. The number of hydrogen-bond acceptors (Lipinski definition) is 4. The average Bonchev–Trinajstić information content (AvgIpc) is 2.50. The molecule has 112 valence electrons. The Kier molecular flexibility index (Phi) is 5.11. The molecule has 0 saturated carbocycles. The first-order valence-electron chi connectivity index (χ1n) is 6.93. The predicted molar refractivity (Wildman–Crippen MR) is 81.7 cm³/mol. The number of nitrogens with two attached hydrogens (primary N) is 1. The highest BCUT2D eigenvalue weighted by molar-refractivity contribution is 5.50. The zero-order valence-electron chi connectivity index (χ0n) is 12.3. The maximum atomic E-state index is 13.6. The standard InChI is InChI=1S/C16H20FN3O/c1-3-7-20-16(12-10-19-8-6-14(12)18)11-4-5-13(17)15(9-11)21-2/h4-6,8-10,16,20H,3,7H2,1-2H3,(H2,18,19). The summed E-state index contributed by atoms with van der Waals surface area (Å²) in [4.78, 5) is 4.13. The van der Waals surface area contributed by atoms with Crippen molar-refractivity contribution in [3.05, 3.63) is 53.6 Å². The summed E-state index contributed by atoms with van der Waals surface area (Å²) in [5.74, 6) is -0.159. The highest BCUT2D eigenvalue weighted by Crippen LogP contribution is 2.29. The molecule has 3 N–H and O–H groups in total. The Bertz CT molecular complexity index is 604. The third-order valence-electron chi connectivity index (χ3n) is 3.31. The van der Waals surface area contributed by atoms with E-state index in [4.69, 9.17) is 10.5 Å². The lowest BCUT2D eigenvalue weighted by atomic mass is 9.98. The zero-order chi connectivity index (χ0) is 15.2. The van der Waals surface area contributed by atoms with Crippen LogP contribution in [0.2, 0.25) is 0 Å². The van der Waals surface area contributed by atoms with Gasteiger partial charge in [-0.25, -0.2) is 4.39 Å². The van der Waals surface area contributed by atoms with Crippen LogP contribution in [0.25, 0.3) is 0 Å². The third-order valence-corrected chi connectivity index (χ3v) is 3.31. The largest absolute Gasteiger partial charge is 0.494 e. The molecule has 5 heteroatoms. The molecular formula is C16H20FN3O. The van der Waals surface area contributed by atoms with E-state index < -0.39 is 0 Å². The monoisotopic (exact) mass is 289 g/mol. The third kappa shape index (κ3) is 3.49. The number of pyridine rings is 1. The molecule has 0 fully saturated rings. The number of aromatic nitrogens is 1. The molecule has 4 nitrogen and oxygen atoms in total. The Morgan fingerprint density at radius 2 is 2.19 bits per heavy atom. The SMILES string of the molecule is CCCNC(c1ccc(F)c(OC)c1)c1cnccc1N. The van der Waals surface area contributed by atoms with Crippen LogP contribution in [0.5, 0.6) is 5.75 Å². The zero-order valence-corrected chi connectivity index (χ0v) is 12.3. The number of benzene rings is 1. The fourth-order valence-corrected chi connectivity index (χ4v) is 2.21. The average molecular weight is 289 g/mol. The van der Waals surface area contributed by atoms with Crippen molar-refractivity contribution in [1.82, 2.24) is 10.3 Å². The summed E-state index contributed by atoms with van der Waals surface area (Å²) in [6, 6.07) is 6.44. The van der Waals surface area contributed by atoms with Crippen LogP contribution < -0.4 is 15.8 Å². The summed E-state index contributed by atoms with van der Waals surface area (Å²) >= 11 is 0. The minimum atomic E-state index is -0.380. The molecule has 0 radical (unpaired) electrons. The van der Waals surface area contributed by atoms with Gasteiger partial charge in [0, 0.05) is 23.6 Å². The van der Waals surface area contributed by atoms with Gasteiger partial charge in [0.15, 0.2) is 11.6 Å². The smallest absolute Gasteiger partial charge is 0.165 e. The van der Waals surface area contributed by atoms with Crippen LogP contribution >= 0.6 is 0 Å². The van der Waals surface area contributed by atoms with E-state index in [1.54, 1.807) is 30.6 Å². The minimum Gasteiger partial charge on any atom is -0.494 e. The Morgan fingerprint density at radius 3 is 2.86 bits per heavy atom. The van der Waals surface area contributed by atoms with Crippen molar-refractivity contribution in [2.75, 3.05) is 19.4 Å². The number of nitrogen functional groups attached to an aromatic ring is 1. The second-order valence-electron chi connectivity index (χ2n) is 4.79. The van der Waals surface area contributed by atoms with Crippen molar-refractivity contribution in [1.29, 1.82) is 0 Å².